The van der Waals surface area contributed by atoms with E-state index >= 15 is 0 Å². The van der Waals surface area contributed by atoms with Crippen molar-refractivity contribution in [2.24, 2.45) is 5.92 Å². The number of benzene rings is 2. The summed E-state index contributed by atoms with van der Waals surface area (Å²) in [6.07, 6.45) is 2.63. The number of nitrogens with zero attached hydrogens (tertiary/aromatic N) is 1. The number of likely N-dealkylation sites (tertiary alicyclic amines) is 1. The van der Waals surface area contributed by atoms with Gasteiger partial charge in [-0.15, -0.1) is 0 Å². The molecule has 0 bridgehead atoms. The maximum atomic E-state index is 11.4. The van der Waals surface area contributed by atoms with Gasteiger partial charge in [0, 0.05) is 18.2 Å². The van der Waals surface area contributed by atoms with E-state index in [0.29, 0.717) is 13.2 Å². The van der Waals surface area contributed by atoms with Crippen LogP contribution in [0.2, 0.25) is 0 Å². The molecular weight excluding hydrogens is 326 g/mol. The first-order valence-corrected chi connectivity index (χ1v) is 9.41. The molecule has 2 atom stereocenters. The molecule has 1 saturated heterocycles. The lowest BCUT2D eigenvalue weighted by Crippen LogP contribution is -2.40. The maximum absolute atomic E-state index is 11.4. The molecule has 1 aliphatic heterocycles. The predicted octanol–water partition coefficient (Wildman–Crippen LogP) is 4.51. The van der Waals surface area contributed by atoms with Gasteiger partial charge in [0.25, 0.3) is 0 Å². The standard InChI is InChI=1S/C22H27NO3/c1-2-20(23-14-8-11-18(15-23)22(24)25)19-12-6-7-13-21(19)26-16-17-9-4-3-5-10-17/h3-7,9-10,12-13,18,20H,2,8,11,14-16H2,1H3,(H,24,25). The Morgan fingerprint density at radius 3 is 2.65 bits per heavy atom. The average Bonchev–Trinajstić information content (AvgIpc) is 2.69. The Morgan fingerprint density at radius 1 is 1.19 bits per heavy atom. The van der Waals surface area contributed by atoms with Crippen LogP contribution in [0.1, 0.15) is 43.4 Å². The van der Waals surface area contributed by atoms with Crippen molar-refractivity contribution >= 4 is 5.97 Å². The number of carboxylic acid groups (broad SMARTS) is 1. The fourth-order valence-electron chi connectivity index (χ4n) is 3.79. The molecule has 0 aromatic heterocycles. The Bertz CT molecular complexity index is 716. The first-order chi connectivity index (χ1) is 12.7. The summed E-state index contributed by atoms with van der Waals surface area (Å²) in [5, 5.41) is 9.39. The molecule has 0 amide bonds. The molecule has 26 heavy (non-hydrogen) atoms. The minimum absolute atomic E-state index is 0.184. The van der Waals surface area contributed by atoms with Crippen molar-refractivity contribution in [1.82, 2.24) is 4.90 Å². The van der Waals surface area contributed by atoms with Gasteiger partial charge in [-0.1, -0.05) is 55.5 Å². The van der Waals surface area contributed by atoms with Crippen molar-refractivity contribution in [3.05, 3.63) is 65.7 Å². The number of hydrogen-bond donors (Lipinski definition) is 1. The molecule has 138 valence electrons. The lowest BCUT2D eigenvalue weighted by molar-refractivity contribution is -0.144. The molecule has 2 aromatic carbocycles. The van der Waals surface area contributed by atoms with E-state index in [0.717, 1.165) is 42.7 Å². The highest BCUT2D eigenvalue weighted by atomic mass is 16.5. The third-order valence-corrected chi connectivity index (χ3v) is 5.14. The van der Waals surface area contributed by atoms with Crippen molar-refractivity contribution in [3.63, 3.8) is 0 Å². The van der Waals surface area contributed by atoms with E-state index in [1.807, 2.05) is 36.4 Å². The largest absolute Gasteiger partial charge is 0.489 e. The van der Waals surface area contributed by atoms with E-state index in [4.69, 9.17) is 4.74 Å². The Balaban J connectivity index is 1.77. The lowest BCUT2D eigenvalue weighted by atomic mass is 9.93. The molecule has 4 heteroatoms. The summed E-state index contributed by atoms with van der Waals surface area (Å²) in [6.45, 7) is 4.24. The zero-order chi connectivity index (χ0) is 18.4. The van der Waals surface area contributed by atoms with Crippen LogP contribution in [0, 0.1) is 5.92 Å². The summed E-state index contributed by atoms with van der Waals surface area (Å²) >= 11 is 0. The number of piperidine rings is 1. The topological polar surface area (TPSA) is 49.8 Å². The number of carboxylic acids is 1. The van der Waals surface area contributed by atoms with Crippen LogP contribution in [-0.4, -0.2) is 29.1 Å². The molecule has 4 nitrogen and oxygen atoms in total. The summed E-state index contributed by atoms with van der Waals surface area (Å²) in [7, 11) is 0. The zero-order valence-electron chi connectivity index (χ0n) is 15.3. The highest BCUT2D eigenvalue weighted by Crippen LogP contribution is 2.35. The minimum Gasteiger partial charge on any atom is -0.489 e. The second-order valence-corrected chi connectivity index (χ2v) is 6.91. The second kappa shape index (κ2) is 8.86. The van der Waals surface area contributed by atoms with E-state index in [9.17, 15) is 9.90 Å². The summed E-state index contributed by atoms with van der Waals surface area (Å²) in [4.78, 5) is 13.7. The number of para-hydroxylation sites is 1. The molecule has 1 N–H and O–H groups in total. The summed E-state index contributed by atoms with van der Waals surface area (Å²) < 4.78 is 6.13. The van der Waals surface area contributed by atoms with E-state index in [-0.39, 0.29) is 12.0 Å². The predicted molar refractivity (Wildman–Crippen MR) is 102 cm³/mol. The van der Waals surface area contributed by atoms with Crippen molar-refractivity contribution in [3.8, 4) is 5.75 Å². The Kier molecular flexibility index (Phi) is 6.29. The van der Waals surface area contributed by atoms with Gasteiger partial charge in [-0.2, -0.15) is 0 Å². The fourth-order valence-corrected chi connectivity index (χ4v) is 3.79. The summed E-state index contributed by atoms with van der Waals surface area (Å²) in [5.74, 6) is -0.0611. The van der Waals surface area contributed by atoms with Crippen molar-refractivity contribution in [2.45, 2.75) is 38.8 Å². The van der Waals surface area contributed by atoms with Gasteiger partial charge in [0.1, 0.15) is 12.4 Å². The molecule has 1 heterocycles. The Labute approximate surface area is 155 Å². The van der Waals surface area contributed by atoms with Crippen LogP contribution in [-0.2, 0) is 11.4 Å². The second-order valence-electron chi connectivity index (χ2n) is 6.91. The Hall–Kier alpha value is -2.33. The van der Waals surface area contributed by atoms with E-state index in [2.05, 4.69) is 30.0 Å². The first kappa shape index (κ1) is 18.5. The maximum Gasteiger partial charge on any atom is 0.307 e. The average molecular weight is 353 g/mol. The van der Waals surface area contributed by atoms with Crippen LogP contribution in [0.4, 0.5) is 0 Å². The molecule has 0 aliphatic carbocycles. The smallest absolute Gasteiger partial charge is 0.307 e. The number of ether oxygens (including phenoxy) is 1. The highest BCUT2D eigenvalue weighted by Gasteiger charge is 2.30. The number of hydrogen-bond acceptors (Lipinski definition) is 3. The number of rotatable bonds is 7. The lowest BCUT2D eigenvalue weighted by Gasteiger charge is -2.37. The van der Waals surface area contributed by atoms with E-state index < -0.39 is 5.97 Å². The summed E-state index contributed by atoms with van der Waals surface area (Å²) in [6, 6.07) is 18.5. The van der Waals surface area contributed by atoms with Gasteiger partial charge in [-0.3, -0.25) is 9.69 Å². The van der Waals surface area contributed by atoms with Crippen LogP contribution in [0.25, 0.3) is 0 Å². The molecular formula is C22H27NO3. The molecule has 2 aromatic rings. The molecule has 2 unspecified atom stereocenters. The van der Waals surface area contributed by atoms with E-state index in [1.54, 1.807) is 0 Å². The number of aliphatic carboxylic acids is 1. The monoisotopic (exact) mass is 353 g/mol. The molecule has 1 fully saturated rings. The molecule has 1 aliphatic rings. The zero-order valence-corrected chi connectivity index (χ0v) is 15.3. The normalized spacial score (nSPS) is 19.0. The highest BCUT2D eigenvalue weighted by molar-refractivity contribution is 5.70. The number of carbonyl (C=O) groups is 1. The minimum atomic E-state index is -0.682. The van der Waals surface area contributed by atoms with Crippen LogP contribution in [0.15, 0.2) is 54.6 Å². The van der Waals surface area contributed by atoms with Gasteiger partial charge in [0.15, 0.2) is 0 Å². The molecule has 0 saturated carbocycles. The van der Waals surface area contributed by atoms with Crippen LogP contribution in [0.3, 0.4) is 0 Å². The molecule has 3 rings (SSSR count). The quantitative estimate of drug-likeness (QED) is 0.795. The Morgan fingerprint density at radius 2 is 1.92 bits per heavy atom. The van der Waals surface area contributed by atoms with Crippen LogP contribution < -0.4 is 4.74 Å². The SMILES string of the molecule is CCC(c1ccccc1OCc1ccccc1)N1CCCC(C(=O)O)C1. The summed E-state index contributed by atoms with van der Waals surface area (Å²) in [5.41, 5.74) is 2.29. The molecule has 0 spiro atoms. The van der Waals surface area contributed by atoms with Gasteiger partial charge in [-0.05, 0) is 37.4 Å². The van der Waals surface area contributed by atoms with Crippen molar-refractivity contribution in [2.75, 3.05) is 13.1 Å². The first-order valence-electron chi connectivity index (χ1n) is 9.41. The third-order valence-electron chi connectivity index (χ3n) is 5.14. The van der Waals surface area contributed by atoms with Gasteiger partial charge in [0.05, 0.1) is 5.92 Å². The van der Waals surface area contributed by atoms with Gasteiger partial charge in [-0.25, -0.2) is 0 Å². The van der Waals surface area contributed by atoms with E-state index in [1.165, 1.54) is 0 Å². The van der Waals surface area contributed by atoms with Crippen molar-refractivity contribution in [1.29, 1.82) is 0 Å². The van der Waals surface area contributed by atoms with Crippen molar-refractivity contribution < 1.29 is 14.6 Å². The van der Waals surface area contributed by atoms with Crippen LogP contribution >= 0.6 is 0 Å². The van der Waals surface area contributed by atoms with Gasteiger partial charge < -0.3 is 9.84 Å². The molecule has 0 radical (unpaired) electrons. The van der Waals surface area contributed by atoms with Gasteiger partial charge >= 0.3 is 5.97 Å². The fraction of sp³-hybridized carbons (Fsp3) is 0.409. The van der Waals surface area contributed by atoms with Gasteiger partial charge in [0.2, 0.25) is 0 Å². The third kappa shape index (κ3) is 4.44. The van der Waals surface area contributed by atoms with Crippen LogP contribution in [0.5, 0.6) is 5.75 Å².